The number of aromatic nitrogens is 4. The maximum absolute atomic E-state index is 5.53. The van der Waals surface area contributed by atoms with Crippen LogP contribution in [-0.2, 0) is 0 Å². The Morgan fingerprint density at radius 3 is 1.86 bits per heavy atom. The molecule has 4 heteroatoms. The third-order valence-electron chi connectivity index (χ3n) is 10.8. The minimum atomic E-state index is 0.668. The monoisotopic (exact) mass is 634 g/mol. The molecule has 0 aliphatic rings. The van der Waals surface area contributed by atoms with E-state index in [1.807, 2.05) is 0 Å². The Kier molecular flexibility index (Phi) is 4.94. The maximum Gasteiger partial charge on any atom is 0.235 e. The molecule has 0 fully saturated rings. The number of benzene rings is 8. The van der Waals surface area contributed by atoms with Gasteiger partial charge in [-0.15, -0.1) is 0 Å². The molecule has 0 radical (unpaired) electrons. The fourth-order valence-electron chi connectivity index (χ4n) is 8.85. The summed E-state index contributed by atoms with van der Waals surface area (Å²) < 4.78 is 4.84. The summed E-state index contributed by atoms with van der Waals surface area (Å²) in [4.78, 5) is 10.9. The highest BCUT2D eigenvalue weighted by Crippen LogP contribution is 2.48. The number of hydrogen-bond acceptors (Lipinski definition) is 2. The van der Waals surface area contributed by atoms with Crippen molar-refractivity contribution in [2.75, 3.05) is 0 Å². The van der Waals surface area contributed by atoms with Gasteiger partial charge in [0.2, 0.25) is 5.95 Å². The minimum Gasteiger partial charge on any atom is -0.307 e. The third-order valence-corrected chi connectivity index (χ3v) is 10.8. The topological polar surface area (TPSA) is 35.1 Å². The molecule has 230 valence electrons. The second-order valence-electron chi connectivity index (χ2n) is 13.3. The second kappa shape index (κ2) is 9.43. The quantitative estimate of drug-likeness (QED) is 0.177. The second-order valence-corrected chi connectivity index (χ2v) is 13.3. The smallest absolute Gasteiger partial charge is 0.235 e. The fraction of sp³-hybridized carbons (Fsp3) is 0. The molecule has 8 aromatic carbocycles. The lowest BCUT2D eigenvalue weighted by atomic mass is 9.98. The fourth-order valence-corrected chi connectivity index (χ4v) is 8.85. The van der Waals surface area contributed by atoms with Crippen LogP contribution >= 0.6 is 0 Å². The lowest BCUT2D eigenvalue weighted by Gasteiger charge is -2.14. The van der Waals surface area contributed by atoms with Crippen molar-refractivity contribution in [3.8, 4) is 17.2 Å². The van der Waals surface area contributed by atoms with Crippen LogP contribution in [0.2, 0.25) is 0 Å². The molecule has 0 amide bonds. The van der Waals surface area contributed by atoms with Crippen molar-refractivity contribution in [3.63, 3.8) is 0 Å². The van der Waals surface area contributed by atoms with Crippen molar-refractivity contribution < 1.29 is 0 Å². The summed E-state index contributed by atoms with van der Waals surface area (Å²) in [7, 11) is 0. The van der Waals surface area contributed by atoms with E-state index in [0.29, 0.717) is 5.95 Å². The summed E-state index contributed by atoms with van der Waals surface area (Å²) in [5, 5.41) is 13.4. The molecular formula is C46H26N4. The van der Waals surface area contributed by atoms with Gasteiger partial charge in [-0.25, -0.2) is 9.97 Å². The predicted octanol–water partition coefficient (Wildman–Crippen LogP) is 11.9. The van der Waals surface area contributed by atoms with E-state index in [-0.39, 0.29) is 0 Å². The summed E-state index contributed by atoms with van der Waals surface area (Å²) in [6, 6.07) is 56.6. The molecule has 4 heterocycles. The average molecular weight is 635 g/mol. The highest BCUT2D eigenvalue weighted by Gasteiger charge is 2.26. The van der Waals surface area contributed by atoms with Gasteiger partial charge in [0.1, 0.15) is 0 Å². The Labute approximate surface area is 285 Å². The van der Waals surface area contributed by atoms with Crippen LogP contribution in [-0.4, -0.2) is 18.9 Å². The number of nitrogens with zero attached hydrogens (tertiary/aromatic N) is 4. The van der Waals surface area contributed by atoms with Crippen LogP contribution in [0.4, 0.5) is 0 Å². The van der Waals surface area contributed by atoms with E-state index in [0.717, 1.165) is 38.6 Å². The van der Waals surface area contributed by atoms with Crippen LogP contribution in [0.1, 0.15) is 0 Å². The van der Waals surface area contributed by atoms with Gasteiger partial charge in [-0.2, -0.15) is 0 Å². The zero-order chi connectivity index (χ0) is 32.5. The minimum absolute atomic E-state index is 0.668. The summed E-state index contributed by atoms with van der Waals surface area (Å²) >= 11 is 0. The van der Waals surface area contributed by atoms with E-state index < -0.39 is 0 Å². The van der Waals surface area contributed by atoms with Crippen molar-refractivity contribution in [3.05, 3.63) is 158 Å². The van der Waals surface area contributed by atoms with Crippen molar-refractivity contribution in [2.24, 2.45) is 0 Å². The molecular weight excluding hydrogens is 609 g/mol. The molecule has 0 spiro atoms. The molecule has 0 saturated heterocycles. The Hall–Kier alpha value is -6.78. The first-order valence-corrected chi connectivity index (χ1v) is 17.1. The maximum atomic E-state index is 5.53. The first-order chi connectivity index (χ1) is 24.8. The highest BCUT2D eigenvalue weighted by molar-refractivity contribution is 6.39. The molecule has 4 nitrogen and oxygen atoms in total. The Morgan fingerprint density at radius 1 is 0.360 bits per heavy atom. The van der Waals surface area contributed by atoms with Crippen molar-refractivity contribution in [1.82, 2.24) is 18.9 Å². The summed E-state index contributed by atoms with van der Waals surface area (Å²) in [6.07, 6.45) is 0. The van der Waals surface area contributed by atoms with Crippen LogP contribution in [0.15, 0.2) is 158 Å². The molecule has 0 aliphatic heterocycles. The van der Waals surface area contributed by atoms with Gasteiger partial charge in [0.25, 0.3) is 0 Å². The van der Waals surface area contributed by atoms with E-state index in [9.17, 15) is 0 Å². The summed E-state index contributed by atoms with van der Waals surface area (Å²) in [5.74, 6) is 0.668. The van der Waals surface area contributed by atoms with Gasteiger partial charge in [0.15, 0.2) is 0 Å². The van der Waals surface area contributed by atoms with Crippen molar-refractivity contribution in [1.29, 1.82) is 0 Å². The summed E-state index contributed by atoms with van der Waals surface area (Å²) in [5.41, 5.74) is 8.87. The molecule has 0 N–H and O–H groups in total. The molecule has 0 aliphatic carbocycles. The van der Waals surface area contributed by atoms with Gasteiger partial charge < -0.3 is 4.40 Å². The van der Waals surface area contributed by atoms with Gasteiger partial charge in [0.05, 0.1) is 38.8 Å². The third kappa shape index (κ3) is 3.21. The van der Waals surface area contributed by atoms with Crippen LogP contribution in [0, 0.1) is 0 Å². The lowest BCUT2D eigenvalue weighted by Crippen LogP contribution is -2.04. The number of fused-ring (bicyclic) bond motifs is 16. The van der Waals surface area contributed by atoms with E-state index in [1.54, 1.807) is 0 Å². The Morgan fingerprint density at radius 2 is 1.00 bits per heavy atom. The average Bonchev–Trinajstić information content (AvgIpc) is 3.83. The number of para-hydroxylation sites is 3. The summed E-state index contributed by atoms with van der Waals surface area (Å²) in [6.45, 7) is 0. The molecule has 0 saturated carbocycles. The standard InChI is InChI=1S/C46H26N4/c1-2-14-28(15-3-1)42-40-29-16-5-4-13-27(29)25-26-36(40)47-46(48-42)50-38-24-11-9-20-34(38)41-44(50)33-19-7-6-18-31(33)39-35-22-12-21-32-30-17-8-10-23-37(30)49(43(32)35)45(39)41/h1-26H. The molecule has 12 aromatic rings. The molecule has 0 atom stereocenters. The molecule has 50 heavy (non-hydrogen) atoms. The van der Waals surface area contributed by atoms with Crippen molar-refractivity contribution in [2.45, 2.75) is 0 Å². The number of rotatable bonds is 2. The Balaban J connectivity index is 1.34. The molecule has 0 unspecified atom stereocenters. The van der Waals surface area contributed by atoms with Crippen LogP contribution in [0.5, 0.6) is 0 Å². The lowest BCUT2D eigenvalue weighted by molar-refractivity contribution is 1.02. The SMILES string of the molecule is c1ccc(-c2nc(-n3c4ccccc4c4c3c3ccccc3c3c5cccc6c7ccccc7n(c65)c34)nc3ccc4ccccc4c23)cc1. The van der Waals surface area contributed by atoms with Gasteiger partial charge in [-0.3, -0.25) is 4.57 Å². The van der Waals surface area contributed by atoms with Gasteiger partial charge in [-0.05, 0) is 34.4 Å². The van der Waals surface area contributed by atoms with Crippen LogP contribution in [0.3, 0.4) is 0 Å². The van der Waals surface area contributed by atoms with E-state index in [4.69, 9.17) is 9.97 Å². The normalized spacial score (nSPS) is 12.4. The van der Waals surface area contributed by atoms with E-state index in [2.05, 4.69) is 167 Å². The Bertz CT molecular complexity index is 3360. The van der Waals surface area contributed by atoms with E-state index in [1.165, 1.54) is 65.0 Å². The predicted molar refractivity (Wildman–Crippen MR) is 209 cm³/mol. The van der Waals surface area contributed by atoms with Crippen molar-refractivity contribution >= 4 is 92.3 Å². The largest absolute Gasteiger partial charge is 0.307 e. The molecule has 4 aromatic heterocycles. The van der Waals surface area contributed by atoms with E-state index >= 15 is 0 Å². The van der Waals surface area contributed by atoms with Crippen LogP contribution < -0.4 is 0 Å². The highest BCUT2D eigenvalue weighted by atomic mass is 15.2. The molecule has 12 rings (SSSR count). The van der Waals surface area contributed by atoms with Gasteiger partial charge in [-0.1, -0.05) is 140 Å². The zero-order valence-corrected chi connectivity index (χ0v) is 26.8. The number of hydrogen-bond donors (Lipinski definition) is 0. The van der Waals surface area contributed by atoms with Gasteiger partial charge >= 0.3 is 0 Å². The first-order valence-electron chi connectivity index (χ1n) is 17.1. The van der Waals surface area contributed by atoms with Gasteiger partial charge in [0, 0.05) is 48.7 Å². The first kappa shape index (κ1) is 26.2. The van der Waals surface area contributed by atoms with Crippen LogP contribution in [0.25, 0.3) is 110 Å². The molecule has 0 bridgehead atoms. The zero-order valence-electron chi connectivity index (χ0n) is 26.8.